The number of piperidine rings is 1. The lowest BCUT2D eigenvalue weighted by Gasteiger charge is -2.35. The SMILES string of the molecule is CCOc1ncnc(N2CCC(Br)C(C)C2)c1C. The van der Waals surface area contributed by atoms with Gasteiger partial charge in [0.25, 0.3) is 0 Å². The van der Waals surface area contributed by atoms with Gasteiger partial charge in [-0.05, 0) is 26.2 Å². The zero-order valence-electron chi connectivity index (χ0n) is 11.2. The summed E-state index contributed by atoms with van der Waals surface area (Å²) in [5.74, 6) is 2.35. The molecule has 1 fully saturated rings. The lowest BCUT2D eigenvalue weighted by molar-refractivity contribution is 0.323. The largest absolute Gasteiger partial charge is 0.478 e. The molecule has 1 aliphatic rings. The van der Waals surface area contributed by atoms with Crippen LogP contribution >= 0.6 is 15.9 Å². The van der Waals surface area contributed by atoms with Crippen molar-refractivity contribution < 1.29 is 4.74 Å². The summed E-state index contributed by atoms with van der Waals surface area (Å²) in [7, 11) is 0. The van der Waals surface area contributed by atoms with Crippen LogP contribution in [0.5, 0.6) is 5.88 Å². The fourth-order valence-corrected chi connectivity index (χ4v) is 2.71. The molecule has 0 bridgehead atoms. The lowest BCUT2D eigenvalue weighted by Crippen LogP contribution is -2.40. The molecule has 18 heavy (non-hydrogen) atoms. The van der Waals surface area contributed by atoms with Crippen molar-refractivity contribution in [1.82, 2.24) is 9.97 Å². The minimum Gasteiger partial charge on any atom is -0.478 e. The van der Waals surface area contributed by atoms with E-state index in [0.29, 0.717) is 23.2 Å². The molecule has 0 aromatic carbocycles. The number of rotatable bonds is 3. The summed E-state index contributed by atoms with van der Waals surface area (Å²) in [6.45, 7) is 8.97. The van der Waals surface area contributed by atoms with Gasteiger partial charge in [-0.2, -0.15) is 0 Å². The van der Waals surface area contributed by atoms with Crippen molar-refractivity contribution in [3.05, 3.63) is 11.9 Å². The number of alkyl halides is 1. The minimum absolute atomic E-state index is 0.613. The second kappa shape index (κ2) is 5.87. The maximum atomic E-state index is 5.53. The third-order valence-corrected chi connectivity index (χ3v) is 4.75. The Bertz CT molecular complexity index is 413. The van der Waals surface area contributed by atoms with Gasteiger partial charge in [0, 0.05) is 17.9 Å². The molecule has 1 aromatic heterocycles. The normalized spacial score (nSPS) is 24.1. The highest BCUT2D eigenvalue weighted by atomic mass is 79.9. The molecule has 0 amide bonds. The second-order valence-corrected chi connectivity index (χ2v) is 5.96. The number of anilines is 1. The molecule has 0 aliphatic carbocycles. The molecule has 2 heterocycles. The van der Waals surface area contributed by atoms with Crippen LogP contribution in [0, 0.1) is 12.8 Å². The Morgan fingerprint density at radius 1 is 1.50 bits per heavy atom. The zero-order chi connectivity index (χ0) is 13.1. The predicted octanol–water partition coefficient (Wildman–Crippen LogP) is 2.79. The Morgan fingerprint density at radius 3 is 2.94 bits per heavy atom. The van der Waals surface area contributed by atoms with E-state index in [0.717, 1.165) is 30.9 Å². The first kappa shape index (κ1) is 13.6. The number of hydrogen-bond acceptors (Lipinski definition) is 4. The van der Waals surface area contributed by atoms with Gasteiger partial charge in [-0.3, -0.25) is 0 Å². The van der Waals surface area contributed by atoms with Crippen molar-refractivity contribution >= 4 is 21.7 Å². The highest BCUT2D eigenvalue weighted by Gasteiger charge is 2.26. The molecule has 0 spiro atoms. The monoisotopic (exact) mass is 313 g/mol. The second-order valence-electron chi connectivity index (χ2n) is 4.79. The molecule has 1 aromatic rings. The van der Waals surface area contributed by atoms with E-state index in [1.54, 1.807) is 6.33 Å². The summed E-state index contributed by atoms with van der Waals surface area (Å²) in [5.41, 5.74) is 1.04. The number of halogens is 1. The van der Waals surface area contributed by atoms with Crippen LogP contribution in [0.2, 0.25) is 0 Å². The average Bonchev–Trinajstić information content (AvgIpc) is 2.36. The van der Waals surface area contributed by atoms with Gasteiger partial charge < -0.3 is 9.64 Å². The molecular weight excluding hydrogens is 294 g/mol. The number of aromatic nitrogens is 2. The van der Waals surface area contributed by atoms with E-state index in [9.17, 15) is 0 Å². The van der Waals surface area contributed by atoms with E-state index in [4.69, 9.17) is 4.74 Å². The standard InChI is InChI=1S/C13H20BrN3O/c1-4-18-13-10(3)12(15-8-16-13)17-6-5-11(14)9(2)7-17/h8-9,11H,4-7H2,1-3H3. The molecule has 0 N–H and O–H groups in total. The van der Waals surface area contributed by atoms with Crippen LogP contribution < -0.4 is 9.64 Å². The fraction of sp³-hybridized carbons (Fsp3) is 0.692. The van der Waals surface area contributed by atoms with Crippen LogP contribution in [0.3, 0.4) is 0 Å². The number of ether oxygens (including phenoxy) is 1. The molecule has 0 saturated carbocycles. The lowest BCUT2D eigenvalue weighted by atomic mass is 10.00. The molecule has 4 nitrogen and oxygen atoms in total. The first-order chi connectivity index (χ1) is 8.63. The molecule has 1 aliphatic heterocycles. The van der Waals surface area contributed by atoms with Crippen LogP contribution in [0.25, 0.3) is 0 Å². The zero-order valence-corrected chi connectivity index (χ0v) is 12.8. The van der Waals surface area contributed by atoms with Crippen LogP contribution in [0.4, 0.5) is 5.82 Å². The maximum absolute atomic E-state index is 5.53. The molecule has 5 heteroatoms. The Balaban J connectivity index is 2.20. The van der Waals surface area contributed by atoms with Gasteiger partial charge in [0.05, 0.1) is 12.2 Å². The van der Waals surface area contributed by atoms with Gasteiger partial charge in [0.2, 0.25) is 5.88 Å². The Hall–Kier alpha value is -0.840. The van der Waals surface area contributed by atoms with E-state index in [1.165, 1.54) is 0 Å². The summed E-state index contributed by atoms with van der Waals surface area (Å²) in [6.07, 6.45) is 2.74. The molecule has 2 unspecified atom stereocenters. The Morgan fingerprint density at radius 2 is 2.28 bits per heavy atom. The van der Waals surface area contributed by atoms with Gasteiger partial charge in [0.15, 0.2) is 0 Å². The van der Waals surface area contributed by atoms with E-state index in [-0.39, 0.29) is 0 Å². The molecular formula is C13H20BrN3O. The van der Waals surface area contributed by atoms with Gasteiger partial charge in [-0.15, -0.1) is 0 Å². The summed E-state index contributed by atoms with van der Waals surface area (Å²) < 4.78 is 5.53. The van der Waals surface area contributed by atoms with Crippen LogP contribution in [-0.4, -0.2) is 34.5 Å². The average molecular weight is 314 g/mol. The first-order valence-electron chi connectivity index (χ1n) is 6.46. The van der Waals surface area contributed by atoms with Crippen molar-refractivity contribution in [3.63, 3.8) is 0 Å². The molecule has 2 atom stereocenters. The fourth-order valence-electron chi connectivity index (χ4n) is 2.34. The van der Waals surface area contributed by atoms with Gasteiger partial charge in [0.1, 0.15) is 12.1 Å². The summed E-state index contributed by atoms with van der Waals surface area (Å²) in [5, 5.41) is 0. The third-order valence-electron chi connectivity index (χ3n) is 3.39. The van der Waals surface area contributed by atoms with Crippen molar-refractivity contribution in [2.75, 3.05) is 24.6 Å². The van der Waals surface area contributed by atoms with Crippen molar-refractivity contribution in [2.45, 2.75) is 32.0 Å². The smallest absolute Gasteiger partial charge is 0.221 e. The summed E-state index contributed by atoms with van der Waals surface area (Å²) >= 11 is 3.73. The number of nitrogens with zero attached hydrogens (tertiary/aromatic N) is 3. The van der Waals surface area contributed by atoms with E-state index in [1.807, 2.05) is 13.8 Å². The topological polar surface area (TPSA) is 38.3 Å². The van der Waals surface area contributed by atoms with Gasteiger partial charge >= 0.3 is 0 Å². The molecule has 100 valence electrons. The van der Waals surface area contributed by atoms with E-state index in [2.05, 4.69) is 37.7 Å². The quantitative estimate of drug-likeness (QED) is 0.804. The van der Waals surface area contributed by atoms with Crippen LogP contribution in [0.15, 0.2) is 6.33 Å². The van der Waals surface area contributed by atoms with Crippen LogP contribution in [-0.2, 0) is 0 Å². The van der Waals surface area contributed by atoms with Gasteiger partial charge in [-0.25, -0.2) is 9.97 Å². The predicted molar refractivity (Wildman–Crippen MR) is 76.6 cm³/mol. The molecule has 1 saturated heterocycles. The molecule has 2 rings (SSSR count). The van der Waals surface area contributed by atoms with E-state index < -0.39 is 0 Å². The number of hydrogen-bond donors (Lipinski definition) is 0. The van der Waals surface area contributed by atoms with Crippen molar-refractivity contribution in [1.29, 1.82) is 0 Å². The van der Waals surface area contributed by atoms with Crippen LogP contribution in [0.1, 0.15) is 25.8 Å². The Kier molecular flexibility index (Phi) is 4.43. The molecule has 0 radical (unpaired) electrons. The Labute approximate surface area is 117 Å². The highest BCUT2D eigenvalue weighted by Crippen LogP contribution is 2.30. The maximum Gasteiger partial charge on any atom is 0.221 e. The van der Waals surface area contributed by atoms with E-state index >= 15 is 0 Å². The summed E-state index contributed by atoms with van der Waals surface area (Å²) in [4.78, 5) is 11.6. The third kappa shape index (κ3) is 2.76. The summed E-state index contributed by atoms with van der Waals surface area (Å²) in [6, 6.07) is 0. The first-order valence-corrected chi connectivity index (χ1v) is 7.38. The minimum atomic E-state index is 0.613. The highest BCUT2D eigenvalue weighted by molar-refractivity contribution is 9.09. The van der Waals surface area contributed by atoms with Crippen molar-refractivity contribution in [3.8, 4) is 5.88 Å². The van der Waals surface area contributed by atoms with Crippen molar-refractivity contribution in [2.24, 2.45) is 5.92 Å². The van der Waals surface area contributed by atoms with Gasteiger partial charge in [-0.1, -0.05) is 22.9 Å².